The molecular weight excluding hydrogens is 224 g/mol. The first-order valence-corrected chi connectivity index (χ1v) is 5.04. The lowest BCUT2D eigenvalue weighted by molar-refractivity contribution is -0.156. The second-order valence-electron chi connectivity index (χ2n) is 2.85. The fraction of sp³-hybridized carbons (Fsp3) is 0.750. The first-order valence-electron chi connectivity index (χ1n) is 4.15. The van der Waals surface area contributed by atoms with Gasteiger partial charge in [0.1, 0.15) is 0 Å². The van der Waals surface area contributed by atoms with Gasteiger partial charge in [-0.2, -0.15) is 0 Å². The van der Waals surface area contributed by atoms with Crippen molar-refractivity contribution in [2.24, 2.45) is 0 Å². The second-order valence-corrected chi connectivity index (χ2v) is 4.54. The minimum atomic E-state index is -1.83. The highest BCUT2D eigenvalue weighted by Crippen LogP contribution is 2.24. The topological polar surface area (TPSA) is 52.6 Å². The Labute approximate surface area is 94.2 Å². The van der Waals surface area contributed by atoms with Crippen LogP contribution in [0.3, 0.4) is 0 Å². The molecule has 6 heteroatoms. The van der Waals surface area contributed by atoms with Gasteiger partial charge in [0.05, 0.1) is 12.7 Å². The highest BCUT2D eigenvalue weighted by atomic mass is 32.2. The Balaban J connectivity index is 4.44. The minimum absolute atomic E-state index is 0.163. The van der Waals surface area contributed by atoms with Crippen LogP contribution in [0.15, 0.2) is 0 Å². The van der Waals surface area contributed by atoms with Crippen LogP contribution in [0.1, 0.15) is 20.8 Å². The van der Waals surface area contributed by atoms with Crippen molar-refractivity contribution < 1.29 is 19.1 Å². The van der Waals surface area contributed by atoms with Crippen molar-refractivity contribution in [2.45, 2.75) is 31.0 Å². The molecule has 14 heavy (non-hydrogen) atoms. The van der Waals surface area contributed by atoms with E-state index in [1.165, 1.54) is 0 Å². The van der Waals surface area contributed by atoms with Crippen LogP contribution in [0.4, 0.5) is 0 Å². The van der Waals surface area contributed by atoms with Crippen LogP contribution in [0.5, 0.6) is 0 Å². The highest BCUT2D eigenvalue weighted by Gasteiger charge is 2.42. The van der Waals surface area contributed by atoms with Crippen molar-refractivity contribution in [1.29, 1.82) is 0 Å². The third-order valence-corrected chi connectivity index (χ3v) is 1.92. The third-order valence-electron chi connectivity index (χ3n) is 1.19. The summed E-state index contributed by atoms with van der Waals surface area (Å²) >= 11 is 7.60. The zero-order valence-electron chi connectivity index (χ0n) is 8.31. The van der Waals surface area contributed by atoms with Gasteiger partial charge in [-0.05, 0) is 20.8 Å². The molecule has 4 nitrogen and oxygen atoms in total. The van der Waals surface area contributed by atoms with E-state index in [-0.39, 0.29) is 12.7 Å². The largest absolute Gasteiger partial charge is 0.464 e. The predicted octanol–water partition coefficient (Wildman–Crippen LogP) is 1.06. The number of hydrogen-bond donors (Lipinski definition) is 2. The van der Waals surface area contributed by atoms with Crippen LogP contribution in [0, 0.1) is 0 Å². The molecule has 0 N–H and O–H groups in total. The summed E-state index contributed by atoms with van der Waals surface area (Å²) in [6.45, 7) is 5.13. The van der Waals surface area contributed by atoms with E-state index in [1.54, 1.807) is 20.8 Å². The van der Waals surface area contributed by atoms with Crippen molar-refractivity contribution in [3.63, 3.8) is 0 Å². The average molecular weight is 238 g/mol. The van der Waals surface area contributed by atoms with Crippen molar-refractivity contribution >= 4 is 37.2 Å². The molecule has 0 saturated heterocycles. The van der Waals surface area contributed by atoms with Crippen molar-refractivity contribution in [3.05, 3.63) is 0 Å². The molecule has 0 amide bonds. The zero-order valence-corrected chi connectivity index (χ0v) is 10.1. The number of carbonyl (C=O) groups excluding carboxylic acids is 2. The Bertz CT molecular complexity index is 225. The van der Waals surface area contributed by atoms with Crippen molar-refractivity contribution in [2.75, 3.05) is 6.61 Å². The molecule has 0 saturated carbocycles. The summed E-state index contributed by atoms with van der Waals surface area (Å²) < 4.78 is 7.57. The van der Waals surface area contributed by atoms with E-state index < -0.39 is 16.0 Å². The van der Waals surface area contributed by atoms with Gasteiger partial charge in [-0.1, -0.05) is 0 Å². The molecule has 0 heterocycles. The van der Waals surface area contributed by atoms with Gasteiger partial charge < -0.3 is 9.47 Å². The van der Waals surface area contributed by atoms with Crippen LogP contribution in [-0.2, 0) is 19.1 Å². The molecule has 82 valence electrons. The van der Waals surface area contributed by atoms with Crippen molar-refractivity contribution in [3.8, 4) is 0 Å². The van der Waals surface area contributed by atoms with Gasteiger partial charge in [-0.3, -0.25) is 0 Å². The van der Waals surface area contributed by atoms with Gasteiger partial charge in [0.25, 0.3) is 4.08 Å². The lowest BCUT2D eigenvalue weighted by Crippen LogP contribution is -2.40. The lowest BCUT2D eigenvalue weighted by atomic mass is 10.4. The maximum absolute atomic E-state index is 11.3. The Kier molecular flexibility index (Phi) is 5.36. The predicted molar refractivity (Wildman–Crippen MR) is 58.6 cm³/mol. The van der Waals surface area contributed by atoms with Crippen LogP contribution >= 0.6 is 25.3 Å². The summed E-state index contributed by atoms with van der Waals surface area (Å²) in [6.07, 6.45) is -0.324. The molecule has 0 aliphatic heterocycles. The molecule has 0 unspecified atom stereocenters. The number of thiol groups is 2. The Morgan fingerprint density at radius 2 is 1.79 bits per heavy atom. The van der Waals surface area contributed by atoms with Crippen LogP contribution in [0.25, 0.3) is 0 Å². The molecule has 0 aromatic heterocycles. The van der Waals surface area contributed by atoms with E-state index in [2.05, 4.69) is 30.0 Å². The maximum Gasteiger partial charge on any atom is 0.344 e. The van der Waals surface area contributed by atoms with Crippen LogP contribution in [0.2, 0.25) is 0 Å². The molecule has 0 atom stereocenters. The first kappa shape index (κ1) is 13.6. The van der Waals surface area contributed by atoms with E-state index in [1.807, 2.05) is 0 Å². The molecule has 0 aliphatic carbocycles. The summed E-state index contributed by atoms with van der Waals surface area (Å²) in [5, 5.41) is 0. The van der Waals surface area contributed by atoms with Gasteiger partial charge in [-0.25, -0.2) is 9.59 Å². The SMILES string of the molecule is CCOC(=O)C(S)(S)C(=O)OC(C)C. The molecule has 0 rings (SSSR count). The van der Waals surface area contributed by atoms with Gasteiger partial charge in [0.15, 0.2) is 0 Å². The van der Waals surface area contributed by atoms with E-state index in [0.717, 1.165) is 0 Å². The van der Waals surface area contributed by atoms with Crippen molar-refractivity contribution in [1.82, 2.24) is 0 Å². The standard InChI is InChI=1S/C8H14O4S2/c1-4-11-6(9)8(13,14)7(10)12-5(2)3/h5,13-14H,4H2,1-3H3. The van der Waals surface area contributed by atoms with E-state index in [0.29, 0.717) is 0 Å². The Hall–Kier alpha value is -0.360. The van der Waals surface area contributed by atoms with E-state index in [9.17, 15) is 9.59 Å². The fourth-order valence-electron chi connectivity index (χ4n) is 0.611. The minimum Gasteiger partial charge on any atom is -0.464 e. The van der Waals surface area contributed by atoms with Gasteiger partial charge in [0.2, 0.25) is 0 Å². The first-order chi connectivity index (χ1) is 6.32. The molecular formula is C8H14O4S2. The summed E-state index contributed by atoms with van der Waals surface area (Å²) in [6, 6.07) is 0. The fourth-order valence-corrected chi connectivity index (χ4v) is 0.846. The summed E-state index contributed by atoms with van der Waals surface area (Å²) in [4.78, 5) is 22.5. The number of ether oxygens (including phenoxy) is 2. The van der Waals surface area contributed by atoms with Gasteiger partial charge in [-0.15, -0.1) is 25.3 Å². The lowest BCUT2D eigenvalue weighted by Gasteiger charge is -2.19. The van der Waals surface area contributed by atoms with Crippen LogP contribution < -0.4 is 0 Å². The van der Waals surface area contributed by atoms with Gasteiger partial charge >= 0.3 is 11.9 Å². The summed E-state index contributed by atoms with van der Waals surface area (Å²) in [5.41, 5.74) is 0. The second kappa shape index (κ2) is 5.50. The smallest absolute Gasteiger partial charge is 0.344 e. The molecule has 0 spiro atoms. The number of rotatable bonds is 4. The molecule has 0 bridgehead atoms. The molecule has 0 fully saturated rings. The quantitative estimate of drug-likeness (QED) is 0.333. The third kappa shape index (κ3) is 3.79. The van der Waals surface area contributed by atoms with Gasteiger partial charge in [0, 0.05) is 0 Å². The maximum atomic E-state index is 11.3. The zero-order chi connectivity index (χ0) is 11.4. The van der Waals surface area contributed by atoms with Crippen LogP contribution in [-0.4, -0.2) is 28.7 Å². The average Bonchev–Trinajstić information content (AvgIpc) is 2.03. The number of carbonyl (C=O) groups is 2. The summed E-state index contributed by atoms with van der Waals surface area (Å²) in [7, 11) is 0. The Morgan fingerprint density at radius 1 is 1.29 bits per heavy atom. The summed E-state index contributed by atoms with van der Waals surface area (Å²) in [5.74, 6) is -1.64. The molecule has 0 aliphatic rings. The number of esters is 2. The normalized spacial score (nSPS) is 11.3. The Morgan fingerprint density at radius 3 is 2.14 bits per heavy atom. The number of hydrogen-bond acceptors (Lipinski definition) is 6. The molecule has 0 aromatic rings. The molecule has 0 radical (unpaired) electrons. The highest BCUT2D eigenvalue weighted by molar-refractivity contribution is 8.03. The van der Waals surface area contributed by atoms with E-state index >= 15 is 0 Å². The monoisotopic (exact) mass is 238 g/mol. The van der Waals surface area contributed by atoms with E-state index in [4.69, 9.17) is 4.74 Å². The molecule has 0 aromatic carbocycles.